The second-order valence-corrected chi connectivity index (χ2v) is 6.85. The second kappa shape index (κ2) is 9.53. The molecule has 24 heavy (non-hydrogen) atoms. The van der Waals surface area contributed by atoms with Gasteiger partial charge in [-0.05, 0) is 50.6 Å². The van der Waals surface area contributed by atoms with Crippen LogP contribution >= 0.6 is 8.38 Å². The Morgan fingerprint density at radius 3 is 2.29 bits per heavy atom. The molecule has 0 aliphatic rings. The number of nitrogens with one attached hydrogen (secondary N) is 1. The fourth-order valence-corrected chi connectivity index (χ4v) is 3.59. The smallest absolute Gasteiger partial charge is 0.255 e. The number of carbonyl (C=O) groups is 1. The molecule has 0 aliphatic heterocycles. The van der Waals surface area contributed by atoms with Crippen LogP contribution in [0.25, 0.3) is 0 Å². The summed E-state index contributed by atoms with van der Waals surface area (Å²) in [5.74, 6) is -0.0997. The Morgan fingerprint density at radius 1 is 1.04 bits per heavy atom. The molecule has 1 amide bonds. The number of benzene rings is 2. The van der Waals surface area contributed by atoms with Gasteiger partial charge in [-0.2, -0.15) is 0 Å². The molecule has 2 aromatic rings. The lowest BCUT2D eigenvalue weighted by Crippen LogP contribution is -2.11. The molecule has 0 unspecified atom stereocenters. The monoisotopic (exact) mass is 345 g/mol. The minimum Gasteiger partial charge on any atom is -0.334 e. The van der Waals surface area contributed by atoms with E-state index in [9.17, 15) is 4.79 Å². The lowest BCUT2D eigenvalue weighted by atomic mass is 10.1. The first-order chi connectivity index (χ1) is 11.6. The first-order valence-corrected chi connectivity index (χ1v) is 9.49. The third kappa shape index (κ3) is 5.72. The quantitative estimate of drug-likeness (QED) is 0.675. The van der Waals surface area contributed by atoms with Crippen LogP contribution in [0.5, 0.6) is 0 Å². The summed E-state index contributed by atoms with van der Waals surface area (Å²) in [6.07, 6.45) is 0.753. The highest BCUT2D eigenvalue weighted by atomic mass is 31.2. The van der Waals surface area contributed by atoms with Crippen LogP contribution in [0, 0.1) is 6.92 Å². The zero-order valence-corrected chi connectivity index (χ0v) is 15.3. The van der Waals surface area contributed by atoms with Crippen LogP contribution in [0.2, 0.25) is 0 Å². The first-order valence-electron chi connectivity index (χ1n) is 8.12. The fourth-order valence-electron chi connectivity index (χ4n) is 2.25. The number of aryl methyl sites for hydroxylation is 1. The number of amides is 1. The normalized spacial score (nSPS) is 10.8. The van der Waals surface area contributed by atoms with Gasteiger partial charge in [0.1, 0.15) is 0 Å². The van der Waals surface area contributed by atoms with Gasteiger partial charge in [-0.3, -0.25) is 4.79 Å². The Labute approximate surface area is 145 Å². The maximum atomic E-state index is 12.3. The Balaban J connectivity index is 1.97. The third-order valence-corrected chi connectivity index (χ3v) is 5.07. The van der Waals surface area contributed by atoms with Gasteiger partial charge in [-0.1, -0.05) is 29.8 Å². The Bertz CT molecular complexity index is 652. The van der Waals surface area contributed by atoms with Gasteiger partial charge in [0.15, 0.2) is 8.38 Å². The van der Waals surface area contributed by atoms with Gasteiger partial charge >= 0.3 is 0 Å². The third-order valence-electron chi connectivity index (χ3n) is 3.35. The van der Waals surface area contributed by atoms with Gasteiger partial charge in [-0.15, -0.1) is 0 Å². The van der Waals surface area contributed by atoms with E-state index in [1.165, 1.54) is 0 Å². The molecule has 0 fully saturated rings. The highest BCUT2D eigenvalue weighted by Crippen LogP contribution is 2.41. The summed E-state index contributed by atoms with van der Waals surface area (Å²) in [7, 11) is -0.891. The van der Waals surface area contributed by atoms with E-state index >= 15 is 0 Å². The molecule has 1 N–H and O–H groups in total. The van der Waals surface area contributed by atoms with Crippen molar-refractivity contribution in [2.24, 2.45) is 0 Å². The summed E-state index contributed by atoms with van der Waals surface area (Å²) in [5, 5.41) is 2.92. The summed E-state index contributed by atoms with van der Waals surface area (Å²) in [5.41, 5.74) is 3.65. The van der Waals surface area contributed by atoms with Crippen molar-refractivity contribution < 1.29 is 13.8 Å². The van der Waals surface area contributed by atoms with Crippen LogP contribution in [0.1, 0.15) is 35.3 Å². The summed E-state index contributed by atoms with van der Waals surface area (Å²) in [6.45, 7) is 7.21. The predicted molar refractivity (Wildman–Crippen MR) is 99.5 cm³/mol. The van der Waals surface area contributed by atoms with Crippen molar-refractivity contribution in [2.75, 3.05) is 18.5 Å². The van der Waals surface area contributed by atoms with E-state index in [0.717, 1.165) is 23.0 Å². The zero-order chi connectivity index (χ0) is 17.4. The molecule has 0 saturated heterocycles. The van der Waals surface area contributed by atoms with Gasteiger partial charge in [0.2, 0.25) is 0 Å². The molecule has 0 spiro atoms. The minimum absolute atomic E-state index is 0.0997. The lowest BCUT2D eigenvalue weighted by Gasteiger charge is -2.15. The van der Waals surface area contributed by atoms with Crippen molar-refractivity contribution >= 4 is 20.0 Å². The van der Waals surface area contributed by atoms with Crippen LogP contribution in [0.3, 0.4) is 0 Å². The van der Waals surface area contributed by atoms with Gasteiger partial charge in [0, 0.05) is 17.4 Å². The van der Waals surface area contributed by atoms with E-state index in [1.54, 1.807) is 0 Å². The van der Waals surface area contributed by atoms with Gasteiger partial charge < -0.3 is 14.4 Å². The maximum absolute atomic E-state index is 12.3. The molecular formula is C19H24NO3P. The first kappa shape index (κ1) is 18.6. The van der Waals surface area contributed by atoms with Gasteiger partial charge in [0.25, 0.3) is 5.91 Å². The molecule has 2 aromatic carbocycles. The summed E-state index contributed by atoms with van der Waals surface area (Å²) in [6, 6.07) is 15.4. The molecule has 5 heteroatoms. The van der Waals surface area contributed by atoms with E-state index in [1.807, 2.05) is 69.3 Å². The standard InChI is InChI=1S/C19H24NO3P/c1-4-22-24(23-5-2)14-16-9-11-18(12-10-16)20-19(21)17-8-6-7-15(3)13-17/h6-13H,4-5,14H2,1-3H3,(H,20,21). The topological polar surface area (TPSA) is 47.6 Å². The van der Waals surface area contributed by atoms with Crippen molar-refractivity contribution in [3.63, 3.8) is 0 Å². The molecule has 128 valence electrons. The summed E-state index contributed by atoms with van der Waals surface area (Å²) in [4.78, 5) is 12.3. The van der Waals surface area contributed by atoms with Crippen LogP contribution in [0.15, 0.2) is 48.5 Å². The van der Waals surface area contributed by atoms with Crippen molar-refractivity contribution in [1.82, 2.24) is 0 Å². The van der Waals surface area contributed by atoms with Crippen LogP contribution < -0.4 is 5.32 Å². The van der Waals surface area contributed by atoms with Crippen molar-refractivity contribution in [1.29, 1.82) is 0 Å². The molecule has 0 aromatic heterocycles. The van der Waals surface area contributed by atoms with E-state index in [-0.39, 0.29) is 5.91 Å². The van der Waals surface area contributed by atoms with E-state index < -0.39 is 8.38 Å². The van der Waals surface area contributed by atoms with Crippen molar-refractivity contribution in [2.45, 2.75) is 26.9 Å². The molecule has 0 heterocycles. The molecule has 2 rings (SSSR count). The molecule has 0 saturated carbocycles. The van der Waals surface area contributed by atoms with E-state index in [2.05, 4.69) is 5.32 Å². The zero-order valence-electron chi connectivity index (χ0n) is 14.4. The highest BCUT2D eigenvalue weighted by molar-refractivity contribution is 7.46. The van der Waals surface area contributed by atoms with E-state index in [4.69, 9.17) is 9.05 Å². The molecular weight excluding hydrogens is 321 g/mol. The minimum atomic E-state index is -0.891. The summed E-state index contributed by atoms with van der Waals surface area (Å²) < 4.78 is 11.2. The molecule has 0 bridgehead atoms. The van der Waals surface area contributed by atoms with Crippen LogP contribution in [0.4, 0.5) is 5.69 Å². The Kier molecular flexibility index (Phi) is 7.38. The summed E-state index contributed by atoms with van der Waals surface area (Å²) >= 11 is 0. The van der Waals surface area contributed by atoms with E-state index in [0.29, 0.717) is 18.8 Å². The van der Waals surface area contributed by atoms with Gasteiger partial charge in [0.05, 0.1) is 13.2 Å². The van der Waals surface area contributed by atoms with Crippen molar-refractivity contribution in [3.05, 3.63) is 65.2 Å². The number of rotatable bonds is 8. The van der Waals surface area contributed by atoms with Gasteiger partial charge in [-0.25, -0.2) is 0 Å². The molecule has 0 atom stereocenters. The lowest BCUT2D eigenvalue weighted by molar-refractivity contribution is 0.102. The van der Waals surface area contributed by atoms with Crippen molar-refractivity contribution in [3.8, 4) is 0 Å². The number of hydrogen-bond donors (Lipinski definition) is 1. The average molecular weight is 345 g/mol. The maximum Gasteiger partial charge on any atom is 0.255 e. The SMILES string of the molecule is CCOP(Cc1ccc(NC(=O)c2cccc(C)c2)cc1)OCC. The predicted octanol–water partition coefficient (Wildman–Crippen LogP) is 5.13. The largest absolute Gasteiger partial charge is 0.334 e. The Hall–Kier alpha value is -1.74. The highest BCUT2D eigenvalue weighted by Gasteiger charge is 2.11. The fraction of sp³-hybridized carbons (Fsp3) is 0.316. The number of anilines is 1. The van der Waals surface area contributed by atoms with Crippen LogP contribution in [-0.4, -0.2) is 19.1 Å². The van der Waals surface area contributed by atoms with Crippen LogP contribution in [-0.2, 0) is 15.2 Å². The second-order valence-electron chi connectivity index (χ2n) is 5.35. The molecule has 0 aliphatic carbocycles. The average Bonchev–Trinajstić information content (AvgIpc) is 2.57. The number of hydrogen-bond acceptors (Lipinski definition) is 3. The molecule has 4 nitrogen and oxygen atoms in total. The Morgan fingerprint density at radius 2 is 1.71 bits per heavy atom. The number of carbonyl (C=O) groups excluding carboxylic acids is 1. The molecule has 0 radical (unpaired) electrons.